The molecule has 1 aliphatic rings. The summed E-state index contributed by atoms with van der Waals surface area (Å²) in [5.74, 6) is 0.406. The van der Waals surface area contributed by atoms with Crippen LogP contribution in [0.15, 0.2) is 53.4 Å². The van der Waals surface area contributed by atoms with Gasteiger partial charge in [-0.1, -0.05) is 31.2 Å². The molecule has 0 bridgehead atoms. The van der Waals surface area contributed by atoms with Gasteiger partial charge in [0.1, 0.15) is 0 Å². The van der Waals surface area contributed by atoms with E-state index in [9.17, 15) is 9.59 Å². The fraction of sp³-hybridized carbons (Fsp3) is 0.263. The molecule has 1 N–H and O–H groups in total. The number of amides is 2. The predicted octanol–water partition coefficient (Wildman–Crippen LogP) is 3.72. The molecule has 4 nitrogen and oxygen atoms in total. The zero-order chi connectivity index (χ0) is 16.9. The quantitative estimate of drug-likeness (QED) is 0.902. The number of hydrogen-bond donors (Lipinski definition) is 1. The summed E-state index contributed by atoms with van der Waals surface area (Å²) < 4.78 is 0. The van der Waals surface area contributed by atoms with Crippen LogP contribution in [0.4, 0.5) is 11.4 Å². The average molecular weight is 340 g/mol. The van der Waals surface area contributed by atoms with E-state index in [-0.39, 0.29) is 18.2 Å². The zero-order valence-electron chi connectivity index (χ0n) is 13.6. The number of rotatable bonds is 5. The third-order valence-electron chi connectivity index (χ3n) is 3.99. The van der Waals surface area contributed by atoms with Gasteiger partial charge in [0, 0.05) is 23.5 Å². The second kappa shape index (κ2) is 7.53. The summed E-state index contributed by atoms with van der Waals surface area (Å²) in [6.45, 7) is 2.48. The molecule has 5 heteroatoms. The largest absolute Gasteiger partial charge is 0.326 e. The highest BCUT2D eigenvalue weighted by Crippen LogP contribution is 2.34. The molecule has 2 aromatic rings. The maximum absolute atomic E-state index is 12.2. The van der Waals surface area contributed by atoms with Crippen LogP contribution in [0.3, 0.4) is 0 Å². The van der Waals surface area contributed by atoms with Crippen LogP contribution in [-0.2, 0) is 16.0 Å². The molecule has 0 saturated carbocycles. The Hall–Kier alpha value is -2.27. The molecule has 0 aliphatic carbocycles. The molecular weight excluding hydrogens is 320 g/mol. The summed E-state index contributed by atoms with van der Waals surface area (Å²) in [5.41, 5.74) is 2.89. The van der Waals surface area contributed by atoms with Gasteiger partial charge in [-0.25, -0.2) is 0 Å². The van der Waals surface area contributed by atoms with Crippen LogP contribution in [0.25, 0.3) is 0 Å². The van der Waals surface area contributed by atoms with Crippen molar-refractivity contribution >= 4 is 35.0 Å². The zero-order valence-corrected chi connectivity index (χ0v) is 14.4. The molecule has 0 fully saturated rings. The number of fused-ring (bicyclic) bond motifs is 1. The monoisotopic (exact) mass is 340 g/mol. The van der Waals surface area contributed by atoms with Crippen LogP contribution in [0, 0.1) is 0 Å². The number of carbonyl (C=O) groups excluding carboxylic acids is 2. The number of anilines is 2. The highest BCUT2D eigenvalue weighted by Gasteiger charge is 2.24. The summed E-state index contributed by atoms with van der Waals surface area (Å²) in [6.07, 6.45) is 1.21. The summed E-state index contributed by atoms with van der Waals surface area (Å²) in [4.78, 5) is 27.2. The first-order valence-corrected chi connectivity index (χ1v) is 9.07. The number of aryl methyl sites for hydroxylation is 1. The lowest BCUT2D eigenvalue weighted by Crippen LogP contribution is -2.37. The maximum Gasteiger partial charge on any atom is 0.237 e. The Balaban J connectivity index is 1.63. The molecule has 1 aliphatic heterocycles. The molecule has 0 aromatic heterocycles. The van der Waals surface area contributed by atoms with Crippen LogP contribution >= 0.6 is 11.8 Å². The maximum atomic E-state index is 12.2. The smallest absolute Gasteiger partial charge is 0.237 e. The average Bonchev–Trinajstić information content (AvgIpc) is 2.61. The van der Waals surface area contributed by atoms with Gasteiger partial charge >= 0.3 is 0 Å². The Bertz CT molecular complexity index is 761. The van der Waals surface area contributed by atoms with E-state index in [4.69, 9.17) is 0 Å². The number of nitrogens with zero attached hydrogens (tertiary/aromatic N) is 1. The van der Waals surface area contributed by atoms with E-state index in [0.717, 1.165) is 22.7 Å². The van der Waals surface area contributed by atoms with Gasteiger partial charge in [-0.15, -0.1) is 11.8 Å². The van der Waals surface area contributed by atoms with E-state index in [1.165, 1.54) is 5.56 Å². The standard InChI is InChI=1S/C19H20N2O2S/c1-2-14-6-5-7-15(12-14)20-18(22)10-11-21-16-8-3-4-9-17(16)24-13-19(21)23/h3-9,12H,2,10-11,13H2,1H3,(H,20,22). The minimum Gasteiger partial charge on any atom is -0.326 e. The molecule has 124 valence electrons. The molecule has 1 heterocycles. The Morgan fingerprint density at radius 3 is 2.88 bits per heavy atom. The van der Waals surface area contributed by atoms with Crippen LogP contribution in [0.5, 0.6) is 0 Å². The summed E-state index contributed by atoms with van der Waals surface area (Å²) in [6, 6.07) is 15.7. The summed E-state index contributed by atoms with van der Waals surface area (Å²) in [5, 5.41) is 2.91. The van der Waals surface area contributed by atoms with E-state index in [1.54, 1.807) is 16.7 Å². The SMILES string of the molecule is CCc1cccc(NC(=O)CCN2C(=O)CSc3ccccc32)c1. The molecule has 3 rings (SSSR count). The normalized spacial score (nSPS) is 13.5. The van der Waals surface area contributed by atoms with Gasteiger partial charge in [-0.2, -0.15) is 0 Å². The second-order valence-electron chi connectivity index (χ2n) is 5.65. The highest BCUT2D eigenvalue weighted by atomic mass is 32.2. The molecule has 0 radical (unpaired) electrons. The van der Waals surface area contributed by atoms with Gasteiger partial charge < -0.3 is 10.2 Å². The fourth-order valence-corrected chi connectivity index (χ4v) is 3.64. The number of thioether (sulfide) groups is 1. The minimum atomic E-state index is -0.0771. The van der Waals surface area contributed by atoms with Gasteiger partial charge in [-0.05, 0) is 36.2 Å². The molecule has 0 atom stereocenters. The van der Waals surface area contributed by atoms with Gasteiger partial charge in [0.15, 0.2) is 0 Å². The summed E-state index contributed by atoms with van der Waals surface area (Å²) in [7, 11) is 0. The summed E-state index contributed by atoms with van der Waals surface area (Å²) >= 11 is 1.55. The van der Waals surface area contributed by atoms with E-state index in [0.29, 0.717) is 12.3 Å². The lowest BCUT2D eigenvalue weighted by molar-refractivity contribution is -0.117. The molecule has 0 unspecified atom stereocenters. The minimum absolute atomic E-state index is 0.0551. The molecule has 0 spiro atoms. The highest BCUT2D eigenvalue weighted by molar-refractivity contribution is 8.00. The van der Waals surface area contributed by atoms with Crippen molar-refractivity contribution in [2.24, 2.45) is 0 Å². The van der Waals surface area contributed by atoms with Crippen molar-refractivity contribution in [2.45, 2.75) is 24.7 Å². The Morgan fingerprint density at radius 1 is 1.21 bits per heavy atom. The first kappa shape index (κ1) is 16.6. The van der Waals surface area contributed by atoms with Gasteiger partial charge in [-0.3, -0.25) is 9.59 Å². The first-order valence-electron chi connectivity index (χ1n) is 8.08. The Morgan fingerprint density at radius 2 is 2.04 bits per heavy atom. The van der Waals surface area contributed by atoms with E-state index in [1.807, 2.05) is 48.5 Å². The van der Waals surface area contributed by atoms with Gasteiger partial charge in [0.05, 0.1) is 11.4 Å². The van der Waals surface area contributed by atoms with Crippen molar-refractivity contribution in [1.29, 1.82) is 0 Å². The second-order valence-corrected chi connectivity index (χ2v) is 6.67. The van der Waals surface area contributed by atoms with Crippen LogP contribution in [0.1, 0.15) is 18.9 Å². The van der Waals surface area contributed by atoms with Crippen molar-refractivity contribution in [3.8, 4) is 0 Å². The van der Waals surface area contributed by atoms with Crippen LogP contribution in [-0.4, -0.2) is 24.1 Å². The number of carbonyl (C=O) groups is 2. The molecular formula is C19H20N2O2S. The van der Waals surface area contributed by atoms with Gasteiger partial charge in [0.2, 0.25) is 11.8 Å². The van der Waals surface area contributed by atoms with Crippen LogP contribution < -0.4 is 10.2 Å². The third-order valence-corrected chi connectivity index (χ3v) is 5.04. The van der Waals surface area contributed by atoms with E-state index >= 15 is 0 Å². The fourth-order valence-electron chi connectivity index (χ4n) is 2.70. The van der Waals surface area contributed by atoms with Gasteiger partial charge in [0.25, 0.3) is 0 Å². The van der Waals surface area contributed by atoms with Crippen LogP contribution in [0.2, 0.25) is 0 Å². The van der Waals surface area contributed by atoms with Crippen molar-refractivity contribution in [2.75, 3.05) is 22.5 Å². The van der Waals surface area contributed by atoms with Crippen molar-refractivity contribution < 1.29 is 9.59 Å². The van der Waals surface area contributed by atoms with Crippen molar-refractivity contribution in [1.82, 2.24) is 0 Å². The first-order chi connectivity index (χ1) is 11.7. The number of para-hydroxylation sites is 1. The molecule has 2 amide bonds. The molecule has 0 saturated heterocycles. The topological polar surface area (TPSA) is 49.4 Å². The molecule has 2 aromatic carbocycles. The van der Waals surface area contributed by atoms with E-state index < -0.39 is 0 Å². The van der Waals surface area contributed by atoms with Crippen molar-refractivity contribution in [3.63, 3.8) is 0 Å². The Labute approximate surface area is 146 Å². The third kappa shape index (κ3) is 3.79. The molecule has 24 heavy (non-hydrogen) atoms. The number of hydrogen-bond acceptors (Lipinski definition) is 3. The van der Waals surface area contributed by atoms with E-state index in [2.05, 4.69) is 12.2 Å². The lowest BCUT2D eigenvalue weighted by atomic mass is 10.1. The predicted molar refractivity (Wildman–Crippen MR) is 98.6 cm³/mol. The lowest BCUT2D eigenvalue weighted by Gasteiger charge is -2.28. The Kier molecular flexibility index (Phi) is 5.20. The van der Waals surface area contributed by atoms with Crippen molar-refractivity contribution in [3.05, 3.63) is 54.1 Å². The number of benzene rings is 2. The number of nitrogens with one attached hydrogen (secondary N) is 1.